The highest BCUT2D eigenvalue weighted by molar-refractivity contribution is 7.99. The maximum absolute atomic E-state index is 6.19. The van der Waals surface area contributed by atoms with Gasteiger partial charge in [-0.1, -0.05) is 6.92 Å². The molecule has 2 aliphatic rings. The Hall–Kier alpha value is -0.100. The van der Waals surface area contributed by atoms with E-state index in [1.807, 2.05) is 0 Å². The van der Waals surface area contributed by atoms with E-state index in [2.05, 4.69) is 36.3 Å². The van der Waals surface area contributed by atoms with Crippen molar-refractivity contribution in [2.24, 2.45) is 5.92 Å². The van der Waals surface area contributed by atoms with Gasteiger partial charge in [-0.25, -0.2) is 4.98 Å². The predicted octanol–water partition coefficient (Wildman–Crippen LogP) is 3.79. The van der Waals surface area contributed by atoms with Gasteiger partial charge in [0.1, 0.15) is 0 Å². The molecule has 118 valence electrons. The Morgan fingerprint density at radius 1 is 1.57 bits per heavy atom. The number of aromatic nitrogens is 1. The molecule has 3 rings (SSSR count). The van der Waals surface area contributed by atoms with Crippen LogP contribution in [0.15, 0.2) is 5.38 Å². The first kappa shape index (κ1) is 15.8. The first-order chi connectivity index (χ1) is 10.2. The summed E-state index contributed by atoms with van der Waals surface area (Å²) in [6, 6.07) is 0.404. The molecule has 2 saturated heterocycles. The SMILES string of the molecule is CCCNC(c1csc(C)n1)C1CCOC2(CCSC2)C1. The minimum Gasteiger partial charge on any atom is -0.374 e. The maximum atomic E-state index is 6.19. The number of aryl methyl sites for hydroxylation is 1. The molecule has 0 amide bonds. The minimum atomic E-state index is 0.158. The highest BCUT2D eigenvalue weighted by Crippen LogP contribution is 2.44. The third-order valence-corrected chi connectivity index (χ3v) is 6.65. The lowest BCUT2D eigenvalue weighted by molar-refractivity contribution is -0.0856. The lowest BCUT2D eigenvalue weighted by atomic mass is 9.80. The number of hydrogen-bond acceptors (Lipinski definition) is 5. The van der Waals surface area contributed by atoms with Crippen LogP contribution in [0.1, 0.15) is 49.4 Å². The van der Waals surface area contributed by atoms with Crippen LogP contribution < -0.4 is 5.32 Å². The Bertz CT molecular complexity index is 457. The Labute approximate surface area is 136 Å². The zero-order valence-corrected chi connectivity index (χ0v) is 14.7. The molecule has 3 unspecified atom stereocenters. The third kappa shape index (κ3) is 3.63. The van der Waals surface area contributed by atoms with Gasteiger partial charge in [-0.3, -0.25) is 0 Å². The second-order valence-electron chi connectivity index (χ2n) is 6.31. The standard InChI is InChI=1S/C16H26N2OS2/c1-3-6-17-15(14-10-21-12(2)18-14)13-4-7-19-16(9-13)5-8-20-11-16/h10,13,15,17H,3-9,11H2,1-2H3. The number of thioether (sulfide) groups is 1. The lowest BCUT2D eigenvalue weighted by Gasteiger charge is -2.40. The summed E-state index contributed by atoms with van der Waals surface area (Å²) in [5.74, 6) is 3.10. The Morgan fingerprint density at radius 2 is 2.48 bits per heavy atom. The number of nitrogens with zero attached hydrogens (tertiary/aromatic N) is 1. The third-order valence-electron chi connectivity index (χ3n) is 4.64. The summed E-state index contributed by atoms with van der Waals surface area (Å²) in [6.45, 7) is 6.32. The average molecular weight is 327 g/mol. The van der Waals surface area contributed by atoms with Gasteiger partial charge < -0.3 is 10.1 Å². The molecule has 3 heterocycles. The highest BCUT2D eigenvalue weighted by Gasteiger charge is 2.43. The fourth-order valence-corrected chi connectivity index (χ4v) is 5.58. The zero-order chi connectivity index (χ0) is 14.7. The smallest absolute Gasteiger partial charge is 0.0898 e. The largest absolute Gasteiger partial charge is 0.374 e. The number of hydrogen-bond donors (Lipinski definition) is 1. The van der Waals surface area contributed by atoms with Crippen molar-refractivity contribution in [3.8, 4) is 0 Å². The van der Waals surface area contributed by atoms with Crippen molar-refractivity contribution >= 4 is 23.1 Å². The van der Waals surface area contributed by atoms with Crippen molar-refractivity contribution in [3.05, 3.63) is 16.1 Å². The fourth-order valence-electron chi connectivity index (χ4n) is 3.55. The Kier molecular flexibility index (Phi) is 5.25. The van der Waals surface area contributed by atoms with Crippen LogP contribution in [0, 0.1) is 12.8 Å². The van der Waals surface area contributed by atoms with E-state index in [0.29, 0.717) is 12.0 Å². The van der Waals surface area contributed by atoms with Crippen LogP contribution in [0.4, 0.5) is 0 Å². The summed E-state index contributed by atoms with van der Waals surface area (Å²) in [4.78, 5) is 4.76. The van der Waals surface area contributed by atoms with Crippen LogP contribution in [0.2, 0.25) is 0 Å². The van der Waals surface area contributed by atoms with Crippen molar-refractivity contribution in [2.75, 3.05) is 24.7 Å². The molecule has 2 aliphatic heterocycles. The summed E-state index contributed by atoms with van der Waals surface area (Å²) in [5, 5.41) is 7.17. The molecule has 21 heavy (non-hydrogen) atoms. The first-order valence-electron chi connectivity index (χ1n) is 8.09. The monoisotopic (exact) mass is 326 g/mol. The van der Waals surface area contributed by atoms with Gasteiger partial charge in [-0.15, -0.1) is 11.3 Å². The molecule has 0 radical (unpaired) electrons. The number of nitrogens with one attached hydrogen (secondary N) is 1. The van der Waals surface area contributed by atoms with E-state index in [1.54, 1.807) is 11.3 Å². The van der Waals surface area contributed by atoms with Gasteiger partial charge >= 0.3 is 0 Å². The van der Waals surface area contributed by atoms with Crippen LogP contribution in [0.3, 0.4) is 0 Å². The zero-order valence-electron chi connectivity index (χ0n) is 13.1. The lowest BCUT2D eigenvalue weighted by Crippen LogP contribution is -2.44. The van der Waals surface area contributed by atoms with E-state index in [1.165, 1.54) is 41.5 Å². The normalized spacial score (nSPS) is 30.9. The molecule has 0 saturated carbocycles. The van der Waals surface area contributed by atoms with E-state index in [0.717, 1.165) is 19.6 Å². The highest BCUT2D eigenvalue weighted by atomic mass is 32.2. The molecule has 2 fully saturated rings. The molecule has 3 atom stereocenters. The Balaban J connectivity index is 1.75. The topological polar surface area (TPSA) is 34.2 Å². The average Bonchev–Trinajstić information content (AvgIpc) is 3.10. The molecular formula is C16H26N2OS2. The van der Waals surface area contributed by atoms with Crippen LogP contribution >= 0.6 is 23.1 Å². The number of rotatable bonds is 5. The van der Waals surface area contributed by atoms with Crippen molar-refractivity contribution in [1.82, 2.24) is 10.3 Å². The van der Waals surface area contributed by atoms with Gasteiger partial charge in [-0.05, 0) is 50.8 Å². The van der Waals surface area contributed by atoms with Gasteiger partial charge in [0.25, 0.3) is 0 Å². The molecule has 1 aromatic rings. The second kappa shape index (κ2) is 6.99. The Morgan fingerprint density at radius 3 is 3.14 bits per heavy atom. The quantitative estimate of drug-likeness (QED) is 0.892. The van der Waals surface area contributed by atoms with E-state index in [4.69, 9.17) is 9.72 Å². The van der Waals surface area contributed by atoms with E-state index >= 15 is 0 Å². The molecule has 3 nitrogen and oxygen atoms in total. The summed E-state index contributed by atoms with van der Waals surface area (Å²) in [7, 11) is 0. The molecule has 0 aliphatic carbocycles. The molecule has 1 spiro atoms. The molecule has 1 aromatic heterocycles. The number of ether oxygens (including phenoxy) is 1. The number of thiazole rings is 1. The van der Waals surface area contributed by atoms with Gasteiger partial charge in [-0.2, -0.15) is 11.8 Å². The van der Waals surface area contributed by atoms with Crippen LogP contribution in [0.5, 0.6) is 0 Å². The van der Waals surface area contributed by atoms with E-state index in [-0.39, 0.29) is 5.60 Å². The summed E-state index contributed by atoms with van der Waals surface area (Å²) in [5.41, 5.74) is 1.41. The van der Waals surface area contributed by atoms with Crippen LogP contribution in [0.25, 0.3) is 0 Å². The first-order valence-corrected chi connectivity index (χ1v) is 10.1. The van der Waals surface area contributed by atoms with Crippen LogP contribution in [-0.4, -0.2) is 35.2 Å². The van der Waals surface area contributed by atoms with Crippen molar-refractivity contribution in [3.63, 3.8) is 0 Å². The molecule has 5 heteroatoms. The summed E-state index contributed by atoms with van der Waals surface area (Å²) in [6.07, 6.45) is 4.75. The molecular weight excluding hydrogens is 300 g/mol. The predicted molar refractivity (Wildman–Crippen MR) is 91.2 cm³/mol. The fraction of sp³-hybridized carbons (Fsp3) is 0.812. The van der Waals surface area contributed by atoms with E-state index < -0.39 is 0 Å². The van der Waals surface area contributed by atoms with E-state index in [9.17, 15) is 0 Å². The van der Waals surface area contributed by atoms with Crippen molar-refractivity contribution < 1.29 is 4.74 Å². The molecule has 0 aromatic carbocycles. The maximum Gasteiger partial charge on any atom is 0.0898 e. The summed E-state index contributed by atoms with van der Waals surface area (Å²) < 4.78 is 6.19. The molecule has 1 N–H and O–H groups in total. The van der Waals surface area contributed by atoms with Crippen LogP contribution in [-0.2, 0) is 4.74 Å². The van der Waals surface area contributed by atoms with Crippen molar-refractivity contribution in [1.29, 1.82) is 0 Å². The minimum absolute atomic E-state index is 0.158. The summed E-state index contributed by atoms with van der Waals surface area (Å²) >= 11 is 3.82. The van der Waals surface area contributed by atoms with Gasteiger partial charge in [0.05, 0.1) is 22.3 Å². The molecule has 0 bridgehead atoms. The van der Waals surface area contributed by atoms with Gasteiger partial charge in [0.15, 0.2) is 0 Å². The van der Waals surface area contributed by atoms with Gasteiger partial charge in [0, 0.05) is 17.7 Å². The second-order valence-corrected chi connectivity index (χ2v) is 8.48. The van der Waals surface area contributed by atoms with Crippen molar-refractivity contribution in [2.45, 2.75) is 51.2 Å². The van der Waals surface area contributed by atoms with Gasteiger partial charge in [0.2, 0.25) is 0 Å².